The average molecular weight is 306 g/mol. The van der Waals surface area contributed by atoms with Crippen LogP contribution in [0.4, 0.5) is 14.9 Å². The van der Waals surface area contributed by atoms with Gasteiger partial charge in [-0.3, -0.25) is 0 Å². The summed E-state index contributed by atoms with van der Waals surface area (Å²) >= 11 is 0. The second-order valence-electron chi connectivity index (χ2n) is 5.56. The Morgan fingerprint density at radius 2 is 2.32 bits per heavy atom. The number of hydrogen-bond donors (Lipinski definition) is 3. The van der Waals surface area contributed by atoms with Gasteiger partial charge in [0.2, 0.25) is 0 Å². The second-order valence-corrected chi connectivity index (χ2v) is 5.56. The van der Waals surface area contributed by atoms with Gasteiger partial charge >= 0.3 is 6.03 Å². The van der Waals surface area contributed by atoms with Gasteiger partial charge in [-0.25, -0.2) is 9.18 Å². The Morgan fingerprint density at radius 1 is 1.59 bits per heavy atom. The number of aliphatic hydroxyl groups excluding tert-OH is 1. The number of hydrogen-bond acceptors (Lipinski definition) is 3. The summed E-state index contributed by atoms with van der Waals surface area (Å²) in [6.07, 6.45) is 7.06. The minimum Gasteiger partial charge on any atom is -0.479 e. The van der Waals surface area contributed by atoms with E-state index in [1.54, 1.807) is 6.92 Å². The summed E-state index contributed by atoms with van der Waals surface area (Å²) in [7, 11) is 0. The zero-order valence-corrected chi connectivity index (χ0v) is 12.4. The molecule has 1 saturated carbocycles. The van der Waals surface area contributed by atoms with Gasteiger partial charge < -0.3 is 20.5 Å². The lowest BCUT2D eigenvalue weighted by atomic mass is 9.97. The highest BCUT2D eigenvalue weighted by atomic mass is 19.1. The highest BCUT2D eigenvalue weighted by molar-refractivity contribution is 5.91. The molecule has 0 bridgehead atoms. The van der Waals surface area contributed by atoms with Crippen LogP contribution in [0.25, 0.3) is 0 Å². The molecule has 0 aliphatic heterocycles. The summed E-state index contributed by atoms with van der Waals surface area (Å²) in [6, 6.07) is 3.28. The largest absolute Gasteiger partial charge is 0.479 e. The highest BCUT2D eigenvalue weighted by Crippen LogP contribution is 2.39. The Kier molecular flexibility index (Phi) is 4.88. The van der Waals surface area contributed by atoms with Gasteiger partial charge in [-0.1, -0.05) is 5.92 Å². The summed E-state index contributed by atoms with van der Waals surface area (Å²) in [5.41, 5.74) is -0.352. The van der Waals surface area contributed by atoms with Crippen LogP contribution in [0.2, 0.25) is 0 Å². The molecule has 2 rings (SSSR count). The topological polar surface area (TPSA) is 70.6 Å². The van der Waals surface area contributed by atoms with E-state index >= 15 is 0 Å². The van der Waals surface area contributed by atoms with Crippen molar-refractivity contribution >= 4 is 11.7 Å². The fourth-order valence-corrected chi connectivity index (χ4v) is 2.24. The number of carbonyl (C=O) groups excluding carboxylic acids is 1. The van der Waals surface area contributed by atoms with Gasteiger partial charge in [0, 0.05) is 6.07 Å². The minimum absolute atomic E-state index is 0.0316. The van der Waals surface area contributed by atoms with E-state index in [1.165, 1.54) is 12.1 Å². The lowest BCUT2D eigenvalue weighted by Gasteiger charge is -2.28. The van der Waals surface area contributed by atoms with Crippen LogP contribution >= 0.6 is 0 Å². The second kappa shape index (κ2) is 6.67. The Hall–Kier alpha value is -2.26. The fourth-order valence-electron chi connectivity index (χ4n) is 2.24. The fraction of sp³-hybridized carbons (Fsp3) is 0.438. The van der Waals surface area contributed by atoms with E-state index in [0.29, 0.717) is 5.69 Å². The predicted molar refractivity (Wildman–Crippen MR) is 81.1 cm³/mol. The Bertz CT molecular complexity index is 596. The molecule has 1 aromatic rings. The number of anilines is 1. The number of terminal acetylenes is 1. The molecule has 1 fully saturated rings. The molecule has 2 amide bonds. The van der Waals surface area contributed by atoms with Gasteiger partial charge in [0.25, 0.3) is 0 Å². The summed E-state index contributed by atoms with van der Waals surface area (Å²) in [4.78, 5) is 12.1. The molecule has 0 saturated heterocycles. The maximum Gasteiger partial charge on any atom is 0.319 e. The van der Waals surface area contributed by atoms with Gasteiger partial charge in [0.1, 0.15) is 18.2 Å². The third-order valence-electron chi connectivity index (χ3n) is 3.71. The third kappa shape index (κ3) is 3.89. The summed E-state index contributed by atoms with van der Waals surface area (Å²) < 4.78 is 18.5. The SMILES string of the molecule is C#CCOc1cc(F)ccc1NC(=O)NC(C)(CO)C1CC1. The van der Waals surface area contributed by atoms with Crippen LogP contribution < -0.4 is 15.4 Å². The Balaban J connectivity index is 2.06. The predicted octanol–water partition coefficient (Wildman–Crippen LogP) is 2.12. The van der Waals surface area contributed by atoms with Gasteiger partial charge in [-0.15, -0.1) is 6.42 Å². The molecule has 118 valence electrons. The van der Waals surface area contributed by atoms with Gasteiger partial charge in [-0.2, -0.15) is 0 Å². The molecule has 1 aliphatic rings. The molecule has 1 aliphatic carbocycles. The quantitative estimate of drug-likeness (QED) is 0.705. The van der Waals surface area contributed by atoms with E-state index in [2.05, 4.69) is 16.6 Å². The zero-order valence-electron chi connectivity index (χ0n) is 12.4. The third-order valence-corrected chi connectivity index (χ3v) is 3.71. The number of benzene rings is 1. The lowest BCUT2D eigenvalue weighted by molar-refractivity contribution is 0.159. The molecule has 6 heteroatoms. The molecular formula is C16H19FN2O3. The van der Waals surface area contributed by atoms with Crippen LogP contribution in [0.5, 0.6) is 5.75 Å². The van der Waals surface area contributed by atoms with Crippen molar-refractivity contribution in [3.05, 3.63) is 24.0 Å². The van der Waals surface area contributed by atoms with Gasteiger partial charge in [0.15, 0.2) is 0 Å². The van der Waals surface area contributed by atoms with E-state index in [9.17, 15) is 14.3 Å². The molecule has 3 N–H and O–H groups in total. The number of ether oxygens (including phenoxy) is 1. The first-order valence-electron chi connectivity index (χ1n) is 7.04. The maximum atomic E-state index is 13.3. The maximum absolute atomic E-state index is 13.3. The van der Waals surface area contributed by atoms with Crippen LogP contribution in [-0.2, 0) is 0 Å². The molecule has 0 spiro atoms. The zero-order chi connectivity index (χ0) is 16.2. The van der Waals surface area contributed by atoms with E-state index in [1.807, 2.05) is 0 Å². The van der Waals surface area contributed by atoms with Crippen molar-refractivity contribution in [2.45, 2.75) is 25.3 Å². The molecule has 0 radical (unpaired) electrons. The molecule has 1 aromatic carbocycles. The number of urea groups is 1. The summed E-state index contributed by atoms with van der Waals surface area (Å²) in [5, 5.41) is 14.8. The Morgan fingerprint density at radius 3 is 2.91 bits per heavy atom. The highest BCUT2D eigenvalue weighted by Gasteiger charge is 2.42. The van der Waals surface area contributed by atoms with Crippen molar-refractivity contribution in [3.63, 3.8) is 0 Å². The van der Waals surface area contributed by atoms with Crippen molar-refractivity contribution in [1.29, 1.82) is 0 Å². The monoisotopic (exact) mass is 306 g/mol. The first kappa shape index (κ1) is 16.1. The number of halogens is 1. The Labute approximate surface area is 128 Å². The number of aliphatic hydroxyl groups is 1. The van der Waals surface area contributed by atoms with Gasteiger partial charge in [0.05, 0.1) is 17.8 Å². The van der Waals surface area contributed by atoms with Crippen LogP contribution in [-0.4, -0.2) is 29.9 Å². The van der Waals surface area contributed by atoms with Crippen molar-refractivity contribution in [3.8, 4) is 18.1 Å². The molecule has 22 heavy (non-hydrogen) atoms. The van der Waals surface area contributed by atoms with Crippen molar-refractivity contribution in [2.75, 3.05) is 18.5 Å². The molecule has 0 aromatic heterocycles. The standard InChI is InChI=1S/C16H19FN2O3/c1-3-8-22-14-9-12(17)6-7-13(14)18-15(21)19-16(2,10-20)11-4-5-11/h1,6-7,9,11,20H,4-5,8,10H2,2H3,(H2,18,19,21). The average Bonchev–Trinajstić information content (AvgIpc) is 3.32. The molecule has 5 nitrogen and oxygen atoms in total. The normalized spacial score (nSPS) is 16.3. The first-order valence-corrected chi connectivity index (χ1v) is 7.04. The number of carbonyl (C=O) groups is 1. The molecular weight excluding hydrogens is 287 g/mol. The minimum atomic E-state index is -0.663. The summed E-state index contributed by atoms with van der Waals surface area (Å²) in [6.45, 7) is 1.62. The van der Waals surface area contributed by atoms with E-state index < -0.39 is 17.4 Å². The van der Waals surface area contributed by atoms with Crippen molar-refractivity contribution < 1.29 is 19.0 Å². The number of nitrogens with one attached hydrogen (secondary N) is 2. The van der Waals surface area contributed by atoms with Crippen LogP contribution in [0.15, 0.2) is 18.2 Å². The molecule has 1 unspecified atom stereocenters. The number of rotatable bonds is 6. The van der Waals surface area contributed by atoms with Crippen LogP contribution in [0.1, 0.15) is 19.8 Å². The van der Waals surface area contributed by atoms with Gasteiger partial charge in [-0.05, 0) is 37.8 Å². The first-order chi connectivity index (χ1) is 10.5. The summed E-state index contributed by atoms with van der Waals surface area (Å²) in [5.74, 6) is 2.22. The molecule has 1 atom stereocenters. The molecule has 0 heterocycles. The number of amides is 2. The van der Waals surface area contributed by atoms with Crippen molar-refractivity contribution in [1.82, 2.24) is 5.32 Å². The van der Waals surface area contributed by atoms with Crippen LogP contribution in [0.3, 0.4) is 0 Å². The van der Waals surface area contributed by atoms with Crippen LogP contribution in [0, 0.1) is 24.1 Å². The lowest BCUT2D eigenvalue weighted by Crippen LogP contribution is -2.52. The smallest absolute Gasteiger partial charge is 0.319 e. The van der Waals surface area contributed by atoms with Crippen molar-refractivity contribution in [2.24, 2.45) is 5.92 Å². The van der Waals surface area contributed by atoms with E-state index in [0.717, 1.165) is 18.9 Å². The van der Waals surface area contributed by atoms with E-state index in [-0.39, 0.29) is 24.9 Å². The van der Waals surface area contributed by atoms with E-state index in [4.69, 9.17) is 11.2 Å².